The van der Waals surface area contributed by atoms with E-state index < -0.39 is 11.8 Å². The smallest absolute Gasteiger partial charge is 0.372 e. The van der Waals surface area contributed by atoms with Gasteiger partial charge in [0.15, 0.2) is 0 Å². The summed E-state index contributed by atoms with van der Waals surface area (Å²) < 4.78 is 41.0. The highest BCUT2D eigenvalue weighted by molar-refractivity contribution is 5.92. The van der Waals surface area contributed by atoms with E-state index in [-0.39, 0.29) is 17.0 Å². The van der Waals surface area contributed by atoms with Crippen molar-refractivity contribution in [3.63, 3.8) is 0 Å². The van der Waals surface area contributed by atoms with Crippen LogP contribution in [0, 0.1) is 0 Å². The second-order valence-corrected chi connectivity index (χ2v) is 5.56. The number of aliphatic hydroxyl groups is 1. The van der Waals surface area contributed by atoms with Gasteiger partial charge in [-0.25, -0.2) is 0 Å². The van der Waals surface area contributed by atoms with E-state index in [1.807, 2.05) is 0 Å². The predicted octanol–water partition coefficient (Wildman–Crippen LogP) is 3.45. The van der Waals surface area contributed by atoms with Gasteiger partial charge in [-0.1, -0.05) is 30.3 Å². The third kappa shape index (κ3) is 2.05. The van der Waals surface area contributed by atoms with E-state index in [1.165, 1.54) is 43.1 Å². The summed E-state index contributed by atoms with van der Waals surface area (Å²) in [6, 6.07) is 10.2. The normalized spacial score (nSPS) is 19.2. The SMILES string of the molecule is CC(=O)N(C)c1ccc2c(c1)C(O)(C(F)(F)F)c1ccccc1-2. The molecule has 0 saturated carbocycles. The number of rotatable bonds is 1. The van der Waals surface area contributed by atoms with Crippen molar-refractivity contribution < 1.29 is 23.1 Å². The van der Waals surface area contributed by atoms with E-state index in [0.29, 0.717) is 16.8 Å². The maximum Gasteiger partial charge on any atom is 0.425 e. The molecule has 1 amide bonds. The molecule has 0 heterocycles. The van der Waals surface area contributed by atoms with Gasteiger partial charge in [-0.05, 0) is 23.3 Å². The standard InChI is InChI=1S/C17H14F3NO2/c1-10(22)21(2)11-7-8-13-12-5-3-4-6-14(12)16(23,15(13)9-11)17(18,19)20/h3-9,23H,1-2H3. The lowest BCUT2D eigenvalue weighted by Crippen LogP contribution is -2.41. The molecule has 1 atom stereocenters. The molecule has 0 aliphatic heterocycles. The van der Waals surface area contributed by atoms with Crippen molar-refractivity contribution in [1.82, 2.24) is 0 Å². The molecule has 23 heavy (non-hydrogen) atoms. The zero-order valence-corrected chi connectivity index (χ0v) is 12.5. The van der Waals surface area contributed by atoms with Gasteiger partial charge in [0.1, 0.15) is 0 Å². The Morgan fingerprint density at radius 2 is 1.70 bits per heavy atom. The quantitative estimate of drug-likeness (QED) is 0.874. The average molecular weight is 321 g/mol. The molecule has 0 radical (unpaired) electrons. The molecule has 0 fully saturated rings. The number of carbonyl (C=O) groups is 1. The molecule has 0 saturated heterocycles. The number of alkyl halides is 3. The second kappa shape index (κ2) is 4.83. The topological polar surface area (TPSA) is 40.5 Å². The van der Waals surface area contributed by atoms with Crippen LogP contribution in [0.1, 0.15) is 18.1 Å². The maximum atomic E-state index is 13.7. The van der Waals surface area contributed by atoms with Crippen molar-refractivity contribution in [2.75, 3.05) is 11.9 Å². The third-order valence-electron chi connectivity index (χ3n) is 4.27. The fourth-order valence-electron chi connectivity index (χ4n) is 2.94. The predicted molar refractivity (Wildman–Crippen MR) is 80.0 cm³/mol. The molecule has 0 spiro atoms. The van der Waals surface area contributed by atoms with Crippen molar-refractivity contribution in [3.05, 3.63) is 53.6 Å². The Kier molecular flexibility index (Phi) is 3.26. The van der Waals surface area contributed by atoms with Crippen LogP contribution in [0.25, 0.3) is 11.1 Å². The number of benzene rings is 2. The number of fused-ring (bicyclic) bond motifs is 3. The number of anilines is 1. The monoisotopic (exact) mass is 321 g/mol. The van der Waals surface area contributed by atoms with Gasteiger partial charge in [0.2, 0.25) is 11.5 Å². The molecule has 1 N–H and O–H groups in total. The Morgan fingerprint density at radius 3 is 2.30 bits per heavy atom. The summed E-state index contributed by atoms with van der Waals surface area (Å²) >= 11 is 0. The first-order chi connectivity index (χ1) is 10.7. The maximum absolute atomic E-state index is 13.7. The molecule has 0 bridgehead atoms. The highest BCUT2D eigenvalue weighted by Crippen LogP contribution is 2.55. The first-order valence-electron chi connectivity index (χ1n) is 6.95. The van der Waals surface area contributed by atoms with E-state index in [1.54, 1.807) is 18.2 Å². The van der Waals surface area contributed by atoms with Gasteiger partial charge in [0.05, 0.1) is 0 Å². The summed E-state index contributed by atoms with van der Waals surface area (Å²) in [5.41, 5.74) is -2.55. The summed E-state index contributed by atoms with van der Waals surface area (Å²) in [6.45, 7) is 1.32. The number of hydrogen-bond donors (Lipinski definition) is 1. The van der Waals surface area contributed by atoms with Crippen LogP contribution in [-0.2, 0) is 10.4 Å². The third-order valence-corrected chi connectivity index (χ3v) is 4.27. The summed E-state index contributed by atoms with van der Waals surface area (Å²) in [5.74, 6) is -0.309. The number of hydrogen-bond acceptors (Lipinski definition) is 2. The van der Waals surface area contributed by atoms with Crippen LogP contribution in [0.5, 0.6) is 0 Å². The molecular formula is C17H14F3NO2. The molecule has 2 aromatic carbocycles. The molecule has 1 aliphatic rings. The van der Waals surface area contributed by atoms with Crippen molar-refractivity contribution >= 4 is 11.6 Å². The van der Waals surface area contributed by atoms with Crippen LogP contribution in [-0.4, -0.2) is 24.2 Å². The van der Waals surface area contributed by atoms with Gasteiger partial charge in [-0.2, -0.15) is 13.2 Å². The zero-order chi connectivity index (χ0) is 17.0. The van der Waals surface area contributed by atoms with Crippen molar-refractivity contribution in [1.29, 1.82) is 0 Å². The van der Waals surface area contributed by atoms with Gasteiger partial charge in [0, 0.05) is 30.8 Å². The fourth-order valence-corrected chi connectivity index (χ4v) is 2.94. The van der Waals surface area contributed by atoms with Crippen LogP contribution < -0.4 is 4.90 Å². The van der Waals surface area contributed by atoms with Gasteiger partial charge < -0.3 is 10.0 Å². The Hall–Kier alpha value is -2.34. The molecule has 3 nitrogen and oxygen atoms in total. The minimum absolute atomic E-state index is 0.190. The van der Waals surface area contributed by atoms with Crippen LogP contribution in [0.4, 0.5) is 18.9 Å². The summed E-state index contributed by atoms with van der Waals surface area (Å²) in [5, 5.41) is 10.5. The van der Waals surface area contributed by atoms with Crippen molar-refractivity contribution in [2.45, 2.75) is 18.7 Å². The lowest BCUT2D eigenvalue weighted by molar-refractivity contribution is -0.246. The van der Waals surface area contributed by atoms with Crippen LogP contribution >= 0.6 is 0 Å². The van der Waals surface area contributed by atoms with E-state index >= 15 is 0 Å². The van der Waals surface area contributed by atoms with Gasteiger partial charge in [-0.3, -0.25) is 4.79 Å². The number of nitrogens with zero attached hydrogens (tertiary/aromatic N) is 1. The lowest BCUT2D eigenvalue weighted by Gasteiger charge is -2.29. The van der Waals surface area contributed by atoms with Crippen LogP contribution in [0.15, 0.2) is 42.5 Å². The fraction of sp³-hybridized carbons (Fsp3) is 0.235. The highest BCUT2D eigenvalue weighted by atomic mass is 19.4. The minimum atomic E-state index is -4.87. The van der Waals surface area contributed by atoms with Crippen molar-refractivity contribution in [3.8, 4) is 11.1 Å². The van der Waals surface area contributed by atoms with Crippen LogP contribution in [0.3, 0.4) is 0 Å². The summed E-state index contributed by atoms with van der Waals surface area (Å²) in [4.78, 5) is 12.7. The molecular weight excluding hydrogens is 307 g/mol. The molecule has 1 unspecified atom stereocenters. The van der Waals surface area contributed by atoms with Gasteiger partial charge in [0.25, 0.3) is 0 Å². The largest absolute Gasteiger partial charge is 0.425 e. The van der Waals surface area contributed by atoms with Gasteiger partial charge in [-0.15, -0.1) is 0 Å². The molecule has 2 aromatic rings. The number of amides is 1. The van der Waals surface area contributed by atoms with E-state index in [0.717, 1.165) is 0 Å². The first-order valence-corrected chi connectivity index (χ1v) is 6.95. The first kappa shape index (κ1) is 15.6. The molecule has 0 aromatic heterocycles. The second-order valence-electron chi connectivity index (χ2n) is 5.56. The molecule has 3 rings (SSSR count). The molecule has 1 aliphatic carbocycles. The molecule has 120 valence electrons. The summed E-state index contributed by atoms with van der Waals surface area (Å²) in [7, 11) is 1.47. The minimum Gasteiger partial charge on any atom is -0.372 e. The van der Waals surface area contributed by atoms with Crippen molar-refractivity contribution in [2.24, 2.45) is 0 Å². The number of carbonyl (C=O) groups excluding carboxylic acids is 1. The van der Waals surface area contributed by atoms with E-state index in [4.69, 9.17) is 0 Å². The van der Waals surface area contributed by atoms with Crippen LogP contribution in [0.2, 0.25) is 0 Å². The Balaban J connectivity index is 2.30. The Morgan fingerprint density at radius 1 is 1.09 bits per heavy atom. The lowest BCUT2D eigenvalue weighted by atomic mass is 9.90. The summed E-state index contributed by atoms with van der Waals surface area (Å²) in [6.07, 6.45) is -4.87. The van der Waals surface area contributed by atoms with E-state index in [9.17, 15) is 23.1 Å². The van der Waals surface area contributed by atoms with E-state index in [2.05, 4.69) is 0 Å². The Bertz CT molecular complexity index is 801. The average Bonchev–Trinajstić information content (AvgIpc) is 2.77. The highest BCUT2D eigenvalue weighted by Gasteiger charge is 2.60. The van der Waals surface area contributed by atoms with Gasteiger partial charge >= 0.3 is 6.18 Å². The Labute approximate surface area is 131 Å². The molecule has 6 heteroatoms. The zero-order valence-electron chi connectivity index (χ0n) is 12.5. The number of halogens is 3.